The van der Waals surface area contributed by atoms with Gasteiger partial charge >= 0.3 is 0 Å². The minimum absolute atomic E-state index is 0.00546. The third-order valence-corrected chi connectivity index (χ3v) is 3.66. The summed E-state index contributed by atoms with van der Waals surface area (Å²) < 4.78 is 5.10. The van der Waals surface area contributed by atoms with Crippen LogP contribution in [0.3, 0.4) is 0 Å². The van der Waals surface area contributed by atoms with Gasteiger partial charge in [-0.05, 0) is 17.7 Å². The number of thiol groups is 1. The summed E-state index contributed by atoms with van der Waals surface area (Å²) in [5, 5.41) is 0.00546. The highest BCUT2D eigenvalue weighted by Gasteiger charge is 2.38. The van der Waals surface area contributed by atoms with Gasteiger partial charge in [0.25, 0.3) is 0 Å². The fraction of sp³-hybridized carbons (Fsp3) is 0.417. The first kappa shape index (κ1) is 11.3. The molecule has 1 aliphatic heterocycles. The number of rotatable bonds is 2. The van der Waals surface area contributed by atoms with Crippen molar-refractivity contribution in [3.05, 3.63) is 29.8 Å². The summed E-state index contributed by atoms with van der Waals surface area (Å²) in [5.41, 5.74) is 1.21. The van der Waals surface area contributed by atoms with E-state index in [9.17, 15) is 4.79 Å². The molecule has 1 amide bonds. The van der Waals surface area contributed by atoms with E-state index in [2.05, 4.69) is 12.6 Å². The average Bonchev–Trinajstić information content (AvgIpc) is 2.27. The van der Waals surface area contributed by atoms with Crippen LogP contribution in [-0.4, -0.2) is 29.8 Å². The molecule has 2 rings (SSSR count). The minimum Gasteiger partial charge on any atom is -0.497 e. The van der Waals surface area contributed by atoms with Crippen molar-refractivity contribution < 1.29 is 9.53 Å². The maximum absolute atomic E-state index is 11.2. The molecule has 1 aliphatic rings. The Kier molecular flexibility index (Phi) is 3.10. The zero-order chi connectivity index (χ0) is 11.7. The van der Waals surface area contributed by atoms with Gasteiger partial charge in [0.2, 0.25) is 5.91 Å². The van der Waals surface area contributed by atoms with Crippen molar-refractivity contribution in [1.82, 2.24) is 4.90 Å². The van der Waals surface area contributed by atoms with Crippen LogP contribution in [0.4, 0.5) is 0 Å². The molecule has 0 bridgehead atoms. The smallest absolute Gasteiger partial charge is 0.220 e. The highest BCUT2D eigenvalue weighted by molar-refractivity contribution is 7.81. The van der Waals surface area contributed by atoms with Crippen molar-refractivity contribution in [2.75, 3.05) is 13.7 Å². The molecule has 86 valence electrons. The first-order valence-electron chi connectivity index (χ1n) is 5.22. The van der Waals surface area contributed by atoms with Gasteiger partial charge in [0.05, 0.1) is 12.5 Å². The number of likely N-dealkylation sites (tertiary alicyclic amines) is 1. The standard InChI is InChI=1S/C12H15NO2S/c1-8(14)13-7-11(12(13)16)9-3-5-10(15-2)6-4-9/h3-6,11-12,16H,7H2,1-2H3. The zero-order valence-electron chi connectivity index (χ0n) is 9.38. The third-order valence-electron chi connectivity index (χ3n) is 3.02. The number of hydrogen-bond acceptors (Lipinski definition) is 3. The summed E-state index contributed by atoms with van der Waals surface area (Å²) in [6.07, 6.45) is 0. The number of carbonyl (C=O) groups excluding carboxylic acids is 1. The van der Waals surface area contributed by atoms with Crippen molar-refractivity contribution in [1.29, 1.82) is 0 Å². The lowest BCUT2D eigenvalue weighted by Gasteiger charge is -2.45. The van der Waals surface area contributed by atoms with Crippen molar-refractivity contribution in [3.8, 4) is 5.75 Å². The number of benzene rings is 1. The number of methoxy groups -OCH3 is 1. The molecule has 16 heavy (non-hydrogen) atoms. The van der Waals surface area contributed by atoms with Gasteiger partial charge in [-0.2, -0.15) is 12.6 Å². The maximum atomic E-state index is 11.2. The summed E-state index contributed by atoms with van der Waals surface area (Å²) >= 11 is 4.45. The molecule has 1 aromatic rings. The summed E-state index contributed by atoms with van der Waals surface area (Å²) in [6, 6.07) is 7.94. The molecule has 0 spiro atoms. The van der Waals surface area contributed by atoms with Crippen LogP contribution in [0, 0.1) is 0 Å². The zero-order valence-corrected chi connectivity index (χ0v) is 10.3. The van der Waals surface area contributed by atoms with Crippen LogP contribution in [-0.2, 0) is 4.79 Å². The predicted octanol–water partition coefficient (Wildman–Crippen LogP) is 1.90. The van der Waals surface area contributed by atoms with Crippen LogP contribution in [0.5, 0.6) is 5.75 Å². The van der Waals surface area contributed by atoms with Gasteiger partial charge in [-0.1, -0.05) is 12.1 Å². The van der Waals surface area contributed by atoms with E-state index in [0.29, 0.717) is 5.92 Å². The number of carbonyl (C=O) groups is 1. The molecule has 1 fully saturated rings. The molecule has 1 heterocycles. The van der Waals surface area contributed by atoms with Gasteiger partial charge in [0.15, 0.2) is 0 Å². The highest BCUT2D eigenvalue weighted by Crippen LogP contribution is 2.36. The van der Waals surface area contributed by atoms with Gasteiger partial charge in [0, 0.05) is 19.4 Å². The van der Waals surface area contributed by atoms with Crippen LogP contribution < -0.4 is 4.74 Å². The Hall–Kier alpha value is -1.16. The molecule has 4 heteroatoms. The predicted molar refractivity (Wildman–Crippen MR) is 65.9 cm³/mol. The first-order chi connectivity index (χ1) is 7.63. The Morgan fingerprint density at radius 2 is 2.06 bits per heavy atom. The third kappa shape index (κ3) is 1.89. The molecule has 2 atom stereocenters. The van der Waals surface area contributed by atoms with E-state index in [0.717, 1.165) is 12.3 Å². The lowest BCUT2D eigenvalue weighted by atomic mass is 9.91. The normalized spacial score (nSPS) is 23.8. The molecule has 0 radical (unpaired) electrons. The van der Waals surface area contributed by atoms with E-state index < -0.39 is 0 Å². The van der Waals surface area contributed by atoms with Crippen LogP contribution in [0.2, 0.25) is 0 Å². The van der Waals surface area contributed by atoms with Crippen LogP contribution in [0.15, 0.2) is 24.3 Å². The van der Waals surface area contributed by atoms with Gasteiger partial charge in [-0.15, -0.1) is 0 Å². The molecule has 0 saturated carbocycles. The second kappa shape index (κ2) is 4.37. The fourth-order valence-corrected chi connectivity index (χ4v) is 2.46. The summed E-state index contributed by atoms with van der Waals surface area (Å²) in [6.45, 7) is 2.34. The molecule has 1 aromatic carbocycles. The Balaban J connectivity index is 2.07. The second-order valence-electron chi connectivity index (χ2n) is 3.96. The Bertz CT molecular complexity index is 391. The molecule has 0 N–H and O–H groups in total. The second-order valence-corrected chi connectivity index (χ2v) is 4.49. The molecule has 2 unspecified atom stereocenters. The van der Waals surface area contributed by atoms with Gasteiger partial charge in [0.1, 0.15) is 5.75 Å². The SMILES string of the molecule is COc1ccc(C2CN(C(C)=O)C2S)cc1. The number of amides is 1. The van der Waals surface area contributed by atoms with E-state index in [1.165, 1.54) is 5.56 Å². The lowest BCUT2D eigenvalue weighted by Crippen LogP contribution is -2.53. The van der Waals surface area contributed by atoms with Gasteiger partial charge < -0.3 is 9.64 Å². The van der Waals surface area contributed by atoms with E-state index in [1.807, 2.05) is 24.3 Å². The molecule has 3 nitrogen and oxygen atoms in total. The Labute approximate surface area is 101 Å². The summed E-state index contributed by atoms with van der Waals surface area (Å²) in [4.78, 5) is 12.9. The molecular formula is C12H15NO2S. The fourth-order valence-electron chi connectivity index (χ4n) is 1.94. The van der Waals surface area contributed by atoms with E-state index in [-0.39, 0.29) is 11.3 Å². The maximum Gasteiger partial charge on any atom is 0.220 e. The minimum atomic E-state index is 0.00546. The summed E-state index contributed by atoms with van der Waals surface area (Å²) in [7, 11) is 1.65. The monoisotopic (exact) mass is 237 g/mol. The van der Waals surface area contributed by atoms with E-state index in [4.69, 9.17) is 4.74 Å². The first-order valence-corrected chi connectivity index (χ1v) is 5.74. The van der Waals surface area contributed by atoms with Crippen molar-refractivity contribution >= 4 is 18.5 Å². The number of ether oxygens (including phenoxy) is 1. The van der Waals surface area contributed by atoms with E-state index in [1.54, 1.807) is 18.9 Å². The molecule has 0 aromatic heterocycles. The molecular weight excluding hydrogens is 222 g/mol. The van der Waals surface area contributed by atoms with Crippen LogP contribution >= 0.6 is 12.6 Å². The van der Waals surface area contributed by atoms with Crippen LogP contribution in [0.1, 0.15) is 18.4 Å². The summed E-state index contributed by atoms with van der Waals surface area (Å²) in [5.74, 6) is 1.27. The van der Waals surface area contributed by atoms with Gasteiger partial charge in [-0.3, -0.25) is 4.79 Å². The lowest BCUT2D eigenvalue weighted by molar-refractivity contribution is -0.134. The van der Waals surface area contributed by atoms with Crippen molar-refractivity contribution in [2.45, 2.75) is 18.2 Å². The number of hydrogen-bond donors (Lipinski definition) is 1. The molecule has 0 aliphatic carbocycles. The Morgan fingerprint density at radius 3 is 2.50 bits per heavy atom. The molecule has 1 saturated heterocycles. The Morgan fingerprint density at radius 1 is 1.44 bits per heavy atom. The van der Waals surface area contributed by atoms with E-state index >= 15 is 0 Å². The highest BCUT2D eigenvalue weighted by atomic mass is 32.1. The topological polar surface area (TPSA) is 29.5 Å². The average molecular weight is 237 g/mol. The largest absolute Gasteiger partial charge is 0.497 e. The number of nitrogens with zero attached hydrogens (tertiary/aromatic N) is 1. The van der Waals surface area contributed by atoms with Crippen molar-refractivity contribution in [2.24, 2.45) is 0 Å². The quantitative estimate of drug-likeness (QED) is 0.796. The van der Waals surface area contributed by atoms with Crippen molar-refractivity contribution in [3.63, 3.8) is 0 Å². The van der Waals surface area contributed by atoms with Crippen LogP contribution in [0.25, 0.3) is 0 Å². The van der Waals surface area contributed by atoms with Gasteiger partial charge in [-0.25, -0.2) is 0 Å².